The number of aryl methyl sites for hydroxylation is 1. The lowest BCUT2D eigenvalue weighted by molar-refractivity contribution is -0.137. The minimum Gasteiger partial charge on any atom is -0.166 e. The lowest BCUT2D eigenvalue weighted by Crippen LogP contribution is -2.12. The van der Waals surface area contributed by atoms with E-state index in [1.54, 1.807) is 0 Å². The van der Waals surface area contributed by atoms with Gasteiger partial charge in [-0.05, 0) is 79.8 Å². The van der Waals surface area contributed by atoms with E-state index in [-0.39, 0.29) is 0 Å². The van der Waals surface area contributed by atoms with Gasteiger partial charge in [-0.25, -0.2) is 0 Å². The van der Waals surface area contributed by atoms with Crippen molar-refractivity contribution in [3.63, 3.8) is 0 Å². The SMILES string of the molecule is CCCCCc1ccc([C@H]2CC[C@H](C#Cc3ccc(C(F)(F)F)cc3)CC2)cc1. The molecule has 0 radical (unpaired) electrons. The van der Waals surface area contributed by atoms with Gasteiger partial charge in [-0.3, -0.25) is 0 Å². The first-order valence-corrected chi connectivity index (χ1v) is 10.7. The molecule has 2 aromatic carbocycles. The Morgan fingerprint density at radius 3 is 2.10 bits per heavy atom. The molecule has 29 heavy (non-hydrogen) atoms. The summed E-state index contributed by atoms with van der Waals surface area (Å²) >= 11 is 0. The van der Waals surface area contributed by atoms with E-state index < -0.39 is 11.7 Å². The number of halogens is 3. The third-order valence-electron chi connectivity index (χ3n) is 5.88. The first-order valence-electron chi connectivity index (χ1n) is 10.7. The first-order chi connectivity index (χ1) is 14.0. The lowest BCUT2D eigenvalue weighted by Gasteiger charge is -2.26. The number of benzene rings is 2. The molecule has 0 heterocycles. The maximum atomic E-state index is 12.6. The number of alkyl halides is 3. The fraction of sp³-hybridized carbons (Fsp3) is 0.462. The quantitative estimate of drug-likeness (QED) is 0.356. The smallest absolute Gasteiger partial charge is 0.166 e. The number of unbranched alkanes of at least 4 members (excludes halogenated alkanes) is 2. The van der Waals surface area contributed by atoms with Crippen molar-refractivity contribution in [2.45, 2.75) is 70.4 Å². The zero-order valence-corrected chi connectivity index (χ0v) is 17.1. The standard InChI is InChI=1S/C26H29F3/c1-2-3-4-5-20-8-14-23(15-9-20)24-16-10-21(11-17-24)6-7-22-12-18-25(19-13-22)26(27,28)29/h8-9,12-15,18-19,21,24H,2-5,10-11,16-17H2,1H3/t21-,24-. The molecule has 0 N–H and O–H groups in total. The van der Waals surface area contributed by atoms with Gasteiger partial charge >= 0.3 is 6.18 Å². The van der Waals surface area contributed by atoms with Crippen molar-refractivity contribution in [1.82, 2.24) is 0 Å². The van der Waals surface area contributed by atoms with Crippen molar-refractivity contribution >= 4 is 0 Å². The van der Waals surface area contributed by atoms with E-state index in [2.05, 4.69) is 43.0 Å². The van der Waals surface area contributed by atoms with Gasteiger partial charge in [0.15, 0.2) is 0 Å². The number of hydrogen-bond acceptors (Lipinski definition) is 0. The summed E-state index contributed by atoms with van der Waals surface area (Å²) in [6.07, 6.45) is 5.04. The molecule has 0 amide bonds. The maximum absolute atomic E-state index is 12.6. The van der Waals surface area contributed by atoms with Gasteiger partial charge in [0.2, 0.25) is 0 Å². The van der Waals surface area contributed by atoms with E-state index in [0.717, 1.165) is 37.8 Å². The second-order valence-electron chi connectivity index (χ2n) is 8.09. The average Bonchev–Trinajstić information content (AvgIpc) is 2.73. The van der Waals surface area contributed by atoms with Crippen LogP contribution in [0.5, 0.6) is 0 Å². The normalized spacial score (nSPS) is 19.4. The van der Waals surface area contributed by atoms with Crippen LogP contribution in [0.2, 0.25) is 0 Å². The van der Waals surface area contributed by atoms with Crippen LogP contribution < -0.4 is 0 Å². The minimum atomic E-state index is -4.29. The van der Waals surface area contributed by atoms with Crippen molar-refractivity contribution in [3.05, 3.63) is 70.8 Å². The summed E-state index contributed by atoms with van der Waals surface area (Å²) in [6.45, 7) is 2.23. The fourth-order valence-corrected chi connectivity index (χ4v) is 4.03. The summed E-state index contributed by atoms with van der Waals surface area (Å²) < 4.78 is 37.9. The molecule has 0 unspecified atom stereocenters. The zero-order chi connectivity index (χ0) is 20.7. The minimum absolute atomic E-state index is 0.335. The molecule has 1 aliphatic rings. The molecule has 3 heteroatoms. The van der Waals surface area contributed by atoms with Crippen LogP contribution in [0.4, 0.5) is 13.2 Å². The van der Waals surface area contributed by atoms with Crippen molar-refractivity contribution in [2.24, 2.45) is 5.92 Å². The predicted octanol–water partition coefficient (Wildman–Crippen LogP) is 7.76. The lowest BCUT2D eigenvalue weighted by atomic mass is 9.78. The Morgan fingerprint density at radius 2 is 1.52 bits per heavy atom. The predicted molar refractivity (Wildman–Crippen MR) is 113 cm³/mol. The highest BCUT2D eigenvalue weighted by Crippen LogP contribution is 2.35. The Balaban J connectivity index is 1.50. The van der Waals surface area contributed by atoms with Crippen molar-refractivity contribution in [2.75, 3.05) is 0 Å². The molecule has 0 spiro atoms. The molecular formula is C26H29F3. The second kappa shape index (κ2) is 10.0. The fourth-order valence-electron chi connectivity index (χ4n) is 4.03. The molecule has 0 aliphatic heterocycles. The Bertz CT molecular complexity index is 811. The summed E-state index contributed by atoms with van der Waals surface area (Å²) in [6, 6.07) is 14.3. The molecule has 0 atom stereocenters. The summed E-state index contributed by atoms with van der Waals surface area (Å²) in [5.74, 6) is 7.27. The average molecular weight is 399 g/mol. The van der Waals surface area contributed by atoms with Crippen LogP contribution >= 0.6 is 0 Å². The Morgan fingerprint density at radius 1 is 0.862 bits per heavy atom. The maximum Gasteiger partial charge on any atom is 0.416 e. The molecule has 0 aromatic heterocycles. The van der Waals surface area contributed by atoms with Crippen molar-refractivity contribution < 1.29 is 13.2 Å². The van der Waals surface area contributed by atoms with Crippen molar-refractivity contribution in [1.29, 1.82) is 0 Å². The van der Waals surface area contributed by atoms with Gasteiger partial charge in [0.05, 0.1) is 5.56 Å². The molecule has 2 aromatic rings. The van der Waals surface area contributed by atoms with Gasteiger partial charge < -0.3 is 0 Å². The summed E-state index contributed by atoms with van der Waals surface area (Å²) in [5, 5.41) is 0. The largest absolute Gasteiger partial charge is 0.416 e. The Kier molecular flexibility index (Phi) is 7.42. The van der Waals surface area contributed by atoms with Crippen LogP contribution in [0.1, 0.15) is 80.0 Å². The van der Waals surface area contributed by atoms with Crippen LogP contribution in [0.25, 0.3) is 0 Å². The molecule has 0 nitrogen and oxygen atoms in total. The Hall–Kier alpha value is -2.21. The van der Waals surface area contributed by atoms with Crippen LogP contribution in [-0.4, -0.2) is 0 Å². The van der Waals surface area contributed by atoms with Crippen LogP contribution in [0.15, 0.2) is 48.5 Å². The highest BCUT2D eigenvalue weighted by Gasteiger charge is 2.29. The van der Waals surface area contributed by atoms with E-state index in [1.165, 1.54) is 48.9 Å². The topological polar surface area (TPSA) is 0 Å². The van der Waals surface area contributed by atoms with E-state index in [4.69, 9.17) is 0 Å². The monoisotopic (exact) mass is 398 g/mol. The van der Waals surface area contributed by atoms with Crippen LogP contribution in [0, 0.1) is 17.8 Å². The molecule has 1 saturated carbocycles. The van der Waals surface area contributed by atoms with Gasteiger partial charge in [0, 0.05) is 11.5 Å². The van der Waals surface area contributed by atoms with E-state index in [0.29, 0.717) is 17.4 Å². The molecule has 1 aliphatic carbocycles. The third kappa shape index (κ3) is 6.39. The van der Waals surface area contributed by atoms with E-state index >= 15 is 0 Å². The Labute approximate surface area is 172 Å². The molecular weight excluding hydrogens is 369 g/mol. The highest BCUT2D eigenvalue weighted by molar-refractivity contribution is 5.37. The van der Waals surface area contributed by atoms with Crippen LogP contribution in [0.3, 0.4) is 0 Å². The van der Waals surface area contributed by atoms with Gasteiger partial charge in [0.1, 0.15) is 0 Å². The van der Waals surface area contributed by atoms with Gasteiger partial charge in [-0.1, -0.05) is 55.9 Å². The third-order valence-corrected chi connectivity index (χ3v) is 5.88. The highest BCUT2D eigenvalue weighted by atomic mass is 19.4. The summed E-state index contributed by atoms with van der Waals surface area (Å²) in [4.78, 5) is 0. The van der Waals surface area contributed by atoms with Crippen molar-refractivity contribution in [3.8, 4) is 11.8 Å². The summed E-state index contributed by atoms with van der Waals surface area (Å²) in [5.41, 5.74) is 2.88. The number of rotatable bonds is 5. The second-order valence-corrected chi connectivity index (χ2v) is 8.09. The van der Waals surface area contributed by atoms with Gasteiger partial charge in [0.25, 0.3) is 0 Å². The molecule has 1 fully saturated rings. The number of hydrogen-bond donors (Lipinski definition) is 0. The van der Waals surface area contributed by atoms with E-state index in [9.17, 15) is 13.2 Å². The van der Waals surface area contributed by atoms with Gasteiger partial charge in [-0.2, -0.15) is 13.2 Å². The molecule has 154 valence electrons. The molecule has 0 bridgehead atoms. The summed E-state index contributed by atoms with van der Waals surface area (Å²) in [7, 11) is 0. The first kappa shape index (κ1) is 21.5. The van der Waals surface area contributed by atoms with Gasteiger partial charge in [-0.15, -0.1) is 0 Å². The molecule has 3 rings (SSSR count). The zero-order valence-electron chi connectivity index (χ0n) is 17.1. The van der Waals surface area contributed by atoms with Crippen LogP contribution in [-0.2, 0) is 12.6 Å². The van der Waals surface area contributed by atoms with E-state index in [1.807, 2.05) is 0 Å². The molecule has 0 saturated heterocycles.